The van der Waals surface area contributed by atoms with E-state index in [0.29, 0.717) is 16.7 Å². The molecule has 4 nitrogen and oxygen atoms in total. The van der Waals surface area contributed by atoms with Crippen LogP contribution >= 0.6 is 11.6 Å². The van der Waals surface area contributed by atoms with E-state index in [2.05, 4.69) is 39.6 Å². The molecule has 0 aliphatic carbocycles. The third kappa shape index (κ3) is 3.23. The van der Waals surface area contributed by atoms with Gasteiger partial charge in [0, 0.05) is 29.9 Å². The SMILES string of the molecule is Nc1cc(Cl)nc(NCCc2cccc3cccnc23)c1. The highest BCUT2D eigenvalue weighted by molar-refractivity contribution is 6.29. The second-order valence-electron chi connectivity index (χ2n) is 4.78. The van der Waals surface area contributed by atoms with E-state index in [1.165, 1.54) is 5.56 Å². The minimum absolute atomic E-state index is 0.393. The van der Waals surface area contributed by atoms with Gasteiger partial charge in [0.05, 0.1) is 5.52 Å². The average molecular weight is 299 g/mol. The standard InChI is InChI=1S/C16H15ClN4/c17-14-9-13(18)10-15(21-14)19-8-6-12-4-1-3-11-5-2-7-20-16(11)12/h1-5,7,9-10H,6,8H2,(H3,18,19,21). The van der Waals surface area contributed by atoms with Crippen LogP contribution in [0, 0.1) is 0 Å². The van der Waals surface area contributed by atoms with Crippen LogP contribution in [0.2, 0.25) is 5.15 Å². The number of pyridine rings is 2. The number of nitrogens with zero attached hydrogens (tertiary/aromatic N) is 2. The third-order valence-electron chi connectivity index (χ3n) is 3.23. The summed E-state index contributed by atoms with van der Waals surface area (Å²) >= 11 is 5.88. The highest BCUT2D eigenvalue weighted by Crippen LogP contribution is 2.18. The zero-order valence-electron chi connectivity index (χ0n) is 11.4. The van der Waals surface area contributed by atoms with Crippen molar-refractivity contribution in [3.63, 3.8) is 0 Å². The molecule has 21 heavy (non-hydrogen) atoms. The largest absolute Gasteiger partial charge is 0.399 e. The van der Waals surface area contributed by atoms with E-state index in [1.54, 1.807) is 12.1 Å². The van der Waals surface area contributed by atoms with Gasteiger partial charge in [-0.1, -0.05) is 35.9 Å². The molecule has 5 heteroatoms. The smallest absolute Gasteiger partial charge is 0.133 e. The number of halogens is 1. The molecule has 0 saturated heterocycles. The molecule has 0 amide bonds. The van der Waals surface area contributed by atoms with Gasteiger partial charge < -0.3 is 11.1 Å². The Balaban J connectivity index is 1.72. The molecule has 0 radical (unpaired) electrons. The van der Waals surface area contributed by atoms with Crippen molar-refractivity contribution in [3.8, 4) is 0 Å². The summed E-state index contributed by atoms with van der Waals surface area (Å²) in [7, 11) is 0. The second kappa shape index (κ2) is 5.97. The van der Waals surface area contributed by atoms with E-state index >= 15 is 0 Å². The van der Waals surface area contributed by atoms with Gasteiger partial charge in [0.15, 0.2) is 0 Å². The number of nitrogen functional groups attached to an aromatic ring is 1. The van der Waals surface area contributed by atoms with E-state index in [0.717, 1.165) is 23.9 Å². The van der Waals surface area contributed by atoms with E-state index in [9.17, 15) is 0 Å². The maximum Gasteiger partial charge on any atom is 0.133 e. The summed E-state index contributed by atoms with van der Waals surface area (Å²) in [5.74, 6) is 0.688. The van der Waals surface area contributed by atoms with Gasteiger partial charge in [-0.3, -0.25) is 4.98 Å². The summed E-state index contributed by atoms with van der Waals surface area (Å²) < 4.78 is 0. The number of hydrogen-bond donors (Lipinski definition) is 2. The van der Waals surface area contributed by atoms with Crippen molar-refractivity contribution >= 4 is 34.0 Å². The Hall–Kier alpha value is -2.33. The van der Waals surface area contributed by atoms with Crippen molar-refractivity contribution in [2.24, 2.45) is 0 Å². The van der Waals surface area contributed by atoms with Gasteiger partial charge in [-0.25, -0.2) is 4.98 Å². The Bertz CT molecular complexity index is 748. The zero-order valence-corrected chi connectivity index (χ0v) is 12.1. The third-order valence-corrected chi connectivity index (χ3v) is 3.43. The lowest BCUT2D eigenvalue weighted by Gasteiger charge is -2.08. The number of fused-ring (bicyclic) bond motifs is 1. The molecule has 106 valence electrons. The fourth-order valence-electron chi connectivity index (χ4n) is 2.30. The number of nitrogens with two attached hydrogens (primary N) is 1. The van der Waals surface area contributed by atoms with Crippen molar-refractivity contribution in [2.45, 2.75) is 6.42 Å². The molecule has 0 bridgehead atoms. The lowest BCUT2D eigenvalue weighted by Crippen LogP contribution is -2.07. The van der Waals surface area contributed by atoms with E-state index in [1.807, 2.05) is 12.3 Å². The molecule has 0 aliphatic heterocycles. The monoisotopic (exact) mass is 298 g/mol. The van der Waals surface area contributed by atoms with Crippen molar-refractivity contribution < 1.29 is 0 Å². The summed E-state index contributed by atoms with van der Waals surface area (Å²) in [6.45, 7) is 0.739. The molecule has 2 aromatic heterocycles. The van der Waals surface area contributed by atoms with Gasteiger partial charge >= 0.3 is 0 Å². The highest BCUT2D eigenvalue weighted by Gasteiger charge is 2.03. The Morgan fingerprint density at radius 1 is 1.14 bits per heavy atom. The van der Waals surface area contributed by atoms with E-state index in [4.69, 9.17) is 17.3 Å². The molecule has 1 aromatic carbocycles. The summed E-state index contributed by atoms with van der Waals surface area (Å²) in [6.07, 6.45) is 2.67. The molecule has 3 aromatic rings. The summed E-state index contributed by atoms with van der Waals surface area (Å²) in [5.41, 5.74) is 8.59. The first kappa shape index (κ1) is 13.6. The maximum absolute atomic E-state index is 5.88. The first-order chi connectivity index (χ1) is 10.2. The predicted molar refractivity (Wildman–Crippen MR) is 87.6 cm³/mol. The summed E-state index contributed by atoms with van der Waals surface area (Å²) in [4.78, 5) is 8.64. The van der Waals surface area contributed by atoms with Crippen molar-refractivity contribution in [1.82, 2.24) is 9.97 Å². The van der Waals surface area contributed by atoms with Gasteiger partial charge in [-0.15, -0.1) is 0 Å². The van der Waals surface area contributed by atoms with E-state index in [-0.39, 0.29) is 0 Å². The molecule has 0 aliphatic rings. The van der Waals surface area contributed by atoms with Crippen LogP contribution in [-0.2, 0) is 6.42 Å². The van der Waals surface area contributed by atoms with Gasteiger partial charge in [-0.2, -0.15) is 0 Å². The van der Waals surface area contributed by atoms with Gasteiger partial charge in [0.1, 0.15) is 11.0 Å². The number of rotatable bonds is 4. The van der Waals surface area contributed by atoms with Crippen LogP contribution in [0.15, 0.2) is 48.7 Å². The fourth-order valence-corrected chi connectivity index (χ4v) is 2.52. The van der Waals surface area contributed by atoms with Crippen LogP contribution in [0.5, 0.6) is 0 Å². The number of para-hydroxylation sites is 1. The lowest BCUT2D eigenvalue weighted by molar-refractivity contribution is 1.01. The number of aromatic nitrogens is 2. The number of hydrogen-bond acceptors (Lipinski definition) is 4. The topological polar surface area (TPSA) is 63.8 Å². The minimum Gasteiger partial charge on any atom is -0.399 e. The lowest BCUT2D eigenvalue weighted by atomic mass is 10.1. The first-order valence-electron chi connectivity index (χ1n) is 6.72. The molecule has 0 saturated carbocycles. The van der Waals surface area contributed by atoms with Gasteiger partial charge in [0.25, 0.3) is 0 Å². The minimum atomic E-state index is 0.393. The Morgan fingerprint density at radius 3 is 2.86 bits per heavy atom. The fraction of sp³-hybridized carbons (Fsp3) is 0.125. The summed E-state index contributed by atoms with van der Waals surface area (Å²) in [5, 5.41) is 4.78. The molecule has 0 unspecified atom stereocenters. The first-order valence-corrected chi connectivity index (χ1v) is 7.10. The maximum atomic E-state index is 5.88. The quantitative estimate of drug-likeness (QED) is 0.723. The molecule has 0 spiro atoms. The number of benzene rings is 1. The normalized spacial score (nSPS) is 10.7. The van der Waals surface area contributed by atoms with Crippen molar-refractivity contribution in [1.29, 1.82) is 0 Å². The van der Waals surface area contributed by atoms with Crippen LogP contribution in [0.4, 0.5) is 11.5 Å². The highest BCUT2D eigenvalue weighted by atomic mass is 35.5. The van der Waals surface area contributed by atoms with E-state index < -0.39 is 0 Å². The Labute approximate surface area is 128 Å². The number of nitrogens with one attached hydrogen (secondary N) is 1. The average Bonchev–Trinajstić information content (AvgIpc) is 2.46. The Morgan fingerprint density at radius 2 is 2.00 bits per heavy atom. The molecule has 2 heterocycles. The van der Waals surface area contributed by atoms with Crippen molar-refractivity contribution in [2.75, 3.05) is 17.6 Å². The Kier molecular flexibility index (Phi) is 3.88. The van der Waals surface area contributed by atoms with Gasteiger partial charge in [-0.05, 0) is 24.1 Å². The van der Waals surface area contributed by atoms with Crippen LogP contribution in [0.1, 0.15) is 5.56 Å². The van der Waals surface area contributed by atoms with Crippen LogP contribution in [-0.4, -0.2) is 16.5 Å². The molecular formula is C16H15ClN4. The van der Waals surface area contributed by atoms with Crippen molar-refractivity contribution in [3.05, 3.63) is 59.4 Å². The molecular weight excluding hydrogens is 284 g/mol. The number of anilines is 2. The predicted octanol–water partition coefficient (Wildman–Crippen LogP) is 3.52. The molecule has 0 fully saturated rings. The van der Waals surface area contributed by atoms with Crippen LogP contribution < -0.4 is 11.1 Å². The molecule has 3 rings (SSSR count). The zero-order chi connectivity index (χ0) is 14.7. The van der Waals surface area contributed by atoms with Crippen LogP contribution in [0.3, 0.4) is 0 Å². The summed E-state index contributed by atoms with van der Waals surface area (Å²) in [6, 6.07) is 13.6. The second-order valence-corrected chi connectivity index (χ2v) is 5.16. The van der Waals surface area contributed by atoms with Gasteiger partial charge in [0.2, 0.25) is 0 Å². The molecule has 3 N–H and O–H groups in total. The van der Waals surface area contributed by atoms with Crippen LogP contribution in [0.25, 0.3) is 10.9 Å². The molecule has 0 atom stereocenters.